The number of carbonyl (C=O) groups excluding carboxylic acids is 3. The van der Waals surface area contributed by atoms with Crippen molar-refractivity contribution in [2.45, 2.75) is 44.7 Å². The van der Waals surface area contributed by atoms with Crippen LogP contribution in [0.3, 0.4) is 0 Å². The zero-order chi connectivity index (χ0) is 22.4. The number of amides is 4. The van der Waals surface area contributed by atoms with Gasteiger partial charge in [-0.05, 0) is 50.0 Å². The summed E-state index contributed by atoms with van der Waals surface area (Å²) in [6.45, 7) is 4.94. The second-order valence-electron chi connectivity index (χ2n) is 7.86. The average molecular weight is 433 g/mol. The third kappa shape index (κ3) is 5.46. The third-order valence-electron chi connectivity index (χ3n) is 6.01. The number of ether oxygens (including phenoxy) is 2. The van der Waals surface area contributed by atoms with Crippen molar-refractivity contribution in [1.29, 1.82) is 0 Å². The number of nitrogens with zero attached hydrogens (tertiary/aromatic N) is 2. The smallest absolute Gasteiger partial charge is 0.324 e. The van der Waals surface area contributed by atoms with Gasteiger partial charge in [0.1, 0.15) is 6.04 Å². The van der Waals surface area contributed by atoms with Gasteiger partial charge in [0.2, 0.25) is 5.91 Å². The lowest BCUT2D eigenvalue weighted by molar-refractivity contribution is -0.130. The van der Waals surface area contributed by atoms with E-state index in [1.165, 1.54) is 4.90 Å². The van der Waals surface area contributed by atoms with Crippen molar-refractivity contribution in [3.8, 4) is 11.5 Å². The van der Waals surface area contributed by atoms with E-state index in [0.717, 1.165) is 31.5 Å². The summed E-state index contributed by atoms with van der Waals surface area (Å²) in [4.78, 5) is 40.8. The second kappa shape index (κ2) is 10.5. The van der Waals surface area contributed by atoms with Crippen LogP contribution in [0.1, 0.15) is 31.7 Å². The number of imide groups is 1. The summed E-state index contributed by atoms with van der Waals surface area (Å²) < 4.78 is 10.5. The van der Waals surface area contributed by atoms with Gasteiger partial charge in [-0.15, -0.1) is 0 Å². The van der Waals surface area contributed by atoms with Gasteiger partial charge in [0.25, 0.3) is 5.91 Å². The molecule has 1 aromatic carbocycles. The van der Waals surface area contributed by atoms with Crippen LogP contribution < -0.4 is 20.1 Å². The summed E-state index contributed by atoms with van der Waals surface area (Å²) in [5.41, 5.74) is 0.913. The molecular weight excluding hydrogens is 400 g/mol. The van der Waals surface area contributed by atoms with E-state index in [4.69, 9.17) is 9.47 Å². The molecule has 0 spiro atoms. The minimum absolute atomic E-state index is 0.0454. The Balaban J connectivity index is 1.49. The van der Waals surface area contributed by atoms with Crippen molar-refractivity contribution in [3.05, 3.63) is 23.8 Å². The van der Waals surface area contributed by atoms with Crippen molar-refractivity contribution in [1.82, 2.24) is 20.4 Å². The summed E-state index contributed by atoms with van der Waals surface area (Å²) in [6, 6.07) is 4.55. The minimum Gasteiger partial charge on any atom is -0.493 e. The van der Waals surface area contributed by atoms with Crippen LogP contribution in [0.4, 0.5) is 4.79 Å². The van der Waals surface area contributed by atoms with Gasteiger partial charge in [-0.2, -0.15) is 0 Å². The summed E-state index contributed by atoms with van der Waals surface area (Å²) in [5.74, 6) is 0.627. The van der Waals surface area contributed by atoms with Crippen LogP contribution in [-0.2, 0) is 16.0 Å². The summed E-state index contributed by atoms with van der Waals surface area (Å²) in [5, 5.41) is 5.55. The fourth-order valence-corrected chi connectivity index (χ4v) is 4.24. The second-order valence-corrected chi connectivity index (χ2v) is 7.86. The SMILES string of the molecule is CCN1CCC[C@H]1CNC(=O)C[C@@H]1NC(=O)N(CCc2ccc(OC)c(OC)c2)C1=O. The Morgan fingerprint density at radius 2 is 2.00 bits per heavy atom. The molecule has 2 aliphatic heterocycles. The molecule has 9 heteroatoms. The maximum Gasteiger partial charge on any atom is 0.324 e. The Bertz CT molecular complexity index is 815. The number of hydrogen-bond acceptors (Lipinski definition) is 6. The zero-order valence-electron chi connectivity index (χ0n) is 18.5. The van der Waals surface area contributed by atoms with Crippen LogP contribution in [-0.4, -0.2) is 80.1 Å². The van der Waals surface area contributed by atoms with E-state index in [-0.39, 0.29) is 24.8 Å². The van der Waals surface area contributed by atoms with Gasteiger partial charge in [-0.1, -0.05) is 13.0 Å². The van der Waals surface area contributed by atoms with Crippen molar-refractivity contribution in [2.75, 3.05) is 40.4 Å². The van der Waals surface area contributed by atoms with E-state index in [1.807, 2.05) is 12.1 Å². The number of nitrogens with one attached hydrogen (secondary N) is 2. The maximum absolute atomic E-state index is 12.7. The lowest BCUT2D eigenvalue weighted by atomic mass is 10.1. The lowest BCUT2D eigenvalue weighted by Crippen LogP contribution is -2.42. The predicted octanol–water partition coefficient (Wildman–Crippen LogP) is 1.16. The number of urea groups is 1. The Morgan fingerprint density at radius 3 is 2.71 bits per heavy atom. The van der Waals surface area contributed by atoms with Crippen LogP contribution >= 0.6 is 0 Å². The van der Waals surface area contributed by atoms with Crippen LogP contribution in [0.25, 0.3) is 0 Å². The Morgan fingerprint density at radius 1 is 1.23 bits per heavy atom. The number of carbonyl (C=O) groups is 3. The number of benzene rings is 1. The molecule has 2 atom stereocenters. The van der Waals surface area contributed by atoms with E-state index in [2.05, 4.69) is 22.5 Å². The van der Waals surface area contributed by atoms with Gasteiger partial charge >= 0.3 is 6.03 Å². The van der Waals surface area contributed by atoms with Crippen LogP contribution in [0, 0.1) is 0 Å². The number of likely N-dealkylation sites (tertiary alicyclic amines) is 1. The highest BCUT2D eigenvalue weighted by molar-refractivity contribution is 6.05. The largest absolute Gasteiger partial charge is 0.493 e. The van der Waals surface area contributed by atoms with Gasteiger partial charge in [-0.3, -0.25) is 19.4 Å². The fourth-order valence-electron chi connectivity index (χ4n) is 4.24. The molecule has 2 aliphatic rings. The molecule has 1 aromatic rings. The molecule has 2 fully saturated rings. The fraction of sp³-hybridized carbons (Fsp3) is 0.591. The van der Waals surface area contributed by atoms with E-state index in [9.17, 15) is 14.4 Å². The minimum atomic E-state index is -0.816. The Labute approximate surface area is 183 Å². The zero-order valence-corrected chi connectivity index (χ0v) is 18.5. The molecule has 0 aromatic heterocycles. The first-order valence-corrected chi connectivity index (χ1v) is 10.8. The molecule has 0 aliphatic carbocycles. The first-order chi connectivity index (χ1) is 15.0. The highest BCUT2D eigenvalue weighted by Crippen LogP contribution is 2.28. The molecule has 2 heterocycles. The first kappa shape index (κ1) is 22.9. The number of likely N-dealkylation sites (N-methyl/N-ethyl adjacent to an activating group) is 1. The van der Waals surface area contributed by atoms with Gasteiger partial charge in [0, 0.05) is 19.1 Å². The Kier molecular flexibility index (Phi) is 7.73. The van der Waals surface area contributed by atoms with Gasteiger partial charge in [0.15, 0.2) is 11.5 Å². The molecule has 0 unspecified atom stereocenters. The molecule has 170 valence electrons. The molecular formula is C22H32N4O5. The van der Waals surface area contributed by atoms with Crippen molar-refractivity contribution in [2.24, 2.45) is 0 Å². The number of hydrogen-bond donors (Lipinski definition) is 2. The molecule has 0 radical (unpaired) electrons. The number of rotatable bonds is 10. The van der Waals surface area contributed by atoms with Gasteiger partial charge in [0.05, 0.1) is 20.6 Å². The summed E-state index contributed by atoms with van der Waals surface area (Å²) in [6.07, 6.45) is 2.64. The molecule has 3 rings (SSSR count). The first-order valence-electron chi connectivity index (χ1n) is 10.8. The molecule has 2 N–H and O–H groups in total. The topological polar surface area (TPSA) is 100 Å². The highest BCUT2D eigenvalue weighted by atomic mass is 16.5. The van der Waals surface area contributed by atoms with Gasteiger partial charge in [-0.25, -0.2) is 4.79 Å². The van der Waals surface area contributed by atoms with Crippen molar-refractivity contribution >= 4 is 17.8 Å². The van der Waals surface area contributed by atoms with Crippen LogP contribution in [0.15, 0.2) is 18.2 Å². The third-order valence-corrected chi connectivity index (χ3v) is 6.01. The monoisotopic (exact) mass is 432 g/mol. The van der Waals surface area contributed by atoms with Crippen molar-refractivity contribution in [3.63, 3.8) is 0 Å². The van der Waals surface area contributed by atoms with Gasteiger partial charge < -0.3 is 20.1 Å². The van der Waals surface area contributed by atoms with E-state index in [1.54, 1.807) is 20.3 Å². The molecule has 9 nitrogen and oxygen atoms in total. The van der Waals surface area contributed by atoms with Crippen LogP contribution in [0.2, 0.25) is 0 Å². The lowest BCUT2D eigenvalue weighted by Gasteiger charge is -2.23. The summed E-state index contributed by atoms with van der Waals surface area (Å²) in [7, 11) is 3.12. The highest BCUT2D eigenvalue weighted by Gasteiger charge is 2.38. The van der Waals surface area contributed by atoms with E-state index >= 15 is 0 Å². The quantitative estimate of drug-likeness (QED) is 0.538. The number of methoxy groups -OCH3 is 2. The molecule has 2 saturated heterocycles. The van der Waals surface area contributed by atoms with E-state index in [0.29, 0.717) is 30.5 Å². The van der Waals surface area contributed by atoms with E-state index < -0.39 is 12.1 Å². The van der Waals surface area contributed by atoms with Crippen LogP contribution in [0.5, 0.6) is 11.5 Å². The molecule has 31 heavy (non-hydrogen) atoms. The molecule has 0 saturated carbocycles. The predicted molar refractivity (Wildman–Crippen MR) is 115 cm³/mol. The maximum atomic E-state index is 12.7. The van der Waals surface area contributed by atoms with Crippen molar-refractivity contribution < 1.29 is 23.9 Å². The normalized spacial score (nSPS) is 21.3. The Hall–Kier alpha value is -2.81. The standard InChI is InChI=1S/C22H32N4O5/c1-4-25-10-5-6-16(25)14-23-20(27)13-17-21(28)26(22(29)24-17)11-9-15-7-8-18(30-2)19(12-15)31-3/h7-8,12,16-17H,4-6,9-11,13-14H2,1-3H3,(H,23,27)(H,24,29)/t16-,17-/m0/s1. The molecule has 4 amide bonds. The average Bonchev–Trinajstić information content (AvgIpc) is 3.34. The molecule has 0 bridgehead atoms. The summed E-state index contributed by atoms with van der Waals surface area (Å²) >= 11 is 0.